The second kappa shape index (κ2) is 8.32. The molecule has 6 nitrogen and oxygen atoms in total. The lowest BCUT2D eigenvalue weighted by Gasteiger charge is -2.15. The summed E-state index contributed by atoms with van der Waals surface area (Å²) in [7, 11) is 1.53. The van der Waals surface area contributed by atoms with Gasteiger partial charge in [-0.1, -0.05) is 0 Å². The van der Waals surface area contributed by atoms with E-state index in [9.17, 15) is 14.0 Å². The fraction of sp³-hybridized carbons (Fsp3) is 0.263. The molecule has 0 aliphatic heterocycles. The molecule has 2 heterocycles. The van der Waals surface area contributed by atoms with Crippen molar-refractivity contribution in [3.05, 3.63) is 51.5 Å². The minimum atomic E-state index is -0.660. The molecule has 27 heavy (non-hydrogen) atoms. The number of fused-ring (bicyclic) bond motifs is 1. The third-order valence-corrected chi connectivity index (χ3v) is 4.79. The number of aromatic amines is 1. The van der Waals surface area contributed by atoms with Gasteiger partial charge in [0.1, 0.15) is 23.9 Å². The van der Waals surface area contributed by atoms with Gasteiger partial charge in [-0.2, -0.15) is 0 Å². The van der Waals surface area contributed by atoms with Crippen LogP contribution in [0, 0.1) is 5.82 Å². The second-order valence-corrected chi connectivity index (χ2v) is 6.49. The van der Waals surface area contributed by atoms with E-state index in [0.717, 1.165) is 0 Å². The highest BCUT2D eigenvalue weighted by molar-refractivity contribution is 7.17. The molecule has 1 N–H and O–H groups in total. The van der Waals surface area contributed by atoms with E-state index < -0.39 is 11.8 Å². The maximum absolute atomic E-state index is 13.8. The SMILES string of the molecule is CCOC(=O)c1[nH]c(=O)c2ccsc2c1-c1ccc(F)cc1OCCOC. The fourth-order valence-electron chi connectivity index (χ4n) is 2.71. The van der Waals surface area contributed by atoms with Crippen LogP contribution in [0.4, 0.5) is 4.39 Å². The van der Waals surface area contributed by atoms with Crippen LogP contribution in [0.25, 0.3) is 21.2 Å². The highest BCUT2D eigenvalue weighted by Crippen LogP contribution is 2.38. The number of hydrogen-bond acceptors (Lipinski definition) is 6. The maximum Gasteiger partial charge on any atom is 0.355 e. The zero-order valence-corrected chi connectivity index (χ0v) is 15.7. The van der Waals surface area contributed by atoms with Crippen LogP contribution in [0.5, 0.6) is 5.75 Å². The van der Waals surface area contributed by atoms with Gasteiger partial charge in [-0.25, -0.2) is 9.18 Å². The van der Waals surface area contributed by atoms with E-state index in [0.29, 0.717) is 27.8 Å². The summed E-state index contributed by atoms with van der Waals surface area (Å²) in [5, 5.41) is 2.20. The molecule has 142 valence electrons. The molecule has 1 aromatic carbocycles. The van der Waals surface area contributed by atoms with E-state index in [1.165, 1.54) is 36.6 Å². The van der Waals surface area contributed by atoms with Crippen LogP contribution in [-0.2, 0) is 9.47 Å². The molecule has 0 spiro atoms. The second-order valence-electron chi connectivity index (χ2n) is 5.57. The summed E-state index contributed by atoms with van der Waals surface area (Å²) in [6, 6.07) is 5.71. The summed E-state index contributed by atoms with van der Waals surface area (Å²) in [5.41, 5.74) is 0.562. The lowest BCUT2D eigenvalue weighted by molar-refractivity contribution is 0.0520. The van der Waals surface area contributed by atoms with Crippen LogP contribution >= 0.6 is 11.3 Å². The molecular formula is C19H18FNO5S. The van der Waals surface area contributed by atoms with E-state index >= 15 is 0 Å². The molecule has 0 saturated carbocycles. The Balaban J connectivity index is 2.25. The number of hydrogen-bond donors (Lipinski definition) is 1. The molecule has 0 amide bonds. The Bertz CT molecular complexity index is 1030. The van der Waals surface area contributed by atoms with E-state index in [-0.39, 0.29) is 30.2 Å². The van der Waals surface area contributed by atoms with Gasteiger partial charge in [0.05, 0.1) is 23.3 Å². The first-order valence-corrected chi connectivity index (χ1v) is 9.17. The summed E-state index contributed by atoms with van der Waals surface area (Å²) in [4.78, 5) is 27.4. The summed E-state index contributed by atoms with van der Waals surface area (Å²) in [5.74, 6) is -0.887. The number of carbonyl (C=O) groups excluding carboxylic acids is 1. The van der Waals surface area contributed by atoms with Crippen molar-refractivity contribution in [3.63, 3.8) is 0 Å². The van der Waals surface area contributed by atoms with Crippen LogP contribution in [0.3, 0.4) is 0 Å². The van der Waals surface area contributed by atoms with Crippen molar-refractivity contribution in [3.8, 4) is 16.9 Å². The normalized spacial score (nSPS) is 10.9. The molecule has 0 atom stereocenters. The molecule has 2 aromatic heterocycles. The first-order valence-electron chi connectivity index (χ1n) is 8.29. The Morgan fingerprint density at radius 1 is 1.26 bits per heavy atom. The molecule has 0 saturated heterocycles. The first-order chi connectivity index (χ1) is 13.1. The monoisotopic (exact) mass is 391 g/mol. The van der Waals surface area contributed by atoms with Crippen molar-refractivity contribution in [2.45, 2.75) is 6.92 Å². The molecule has 0 radical (unpaired) electrons. The minimum absolute atomic E-state index is 0.0139. The largest absolute Gasteiger partial charge is 0.490 e. The molecule has 3 rings (SSSR count). The van der Waals surface area contributed by atoms with E-state index in [2.05, 4.69) is 4.98 Å². The quantitative estimate of drug-likeness (QED) is 0.492. The number of thiophene rings is 1. The van der Waals surface area contributed by atoms with E-state index in [1.54, 1.807) is 18.4 Å². The Morgan fingerprint density at radius 3 is 2.81 bits per heavy atom. The summed E-state index contributed by atoms with van der Waals surface area (Å²) >= 11 is 1.31. The maximum atomic E-state index is 13.8. The first kappa shape index (κ1) is 19.1. The van der Waals surface area contributed by atoms with Gasteiger partial charge < -0.3 is 19.2 Å². The molecule has 0 bridgehead atoms. The summed E-state index contributed by atoms with van der Waals surface area (Å²) < 4.78 is 30.1. The van der Waals surface area contributed by atoms with E-state index in [1.807, 2.05) is 0 Å². The third-order valence-electron chi connectivity index (χ3n) is 3.86. The highest BCUT2D eigenvalue weighted by atomic mass is 32.1. The van der Waals surface area contributed by atoms with Crippen LogP contribution in [0.2, 0.25) is 0 Å². The average molecular weight is 391 g/mol. The molecule has 0 aliphatic rings. The van der Waals surface area contributed by atoms with Crippen LogP contribution in [0.1, 0.15) is 17.4 Å². The number of rotatable bonds is 7. The Labute approximate surface area is 158 Å². The van der Waals surface area contributed by atoms with Crippen LogP contribution in [-0.4, -0.2) is 37.9 Å². The zero-order chi connectivity index (χ0) is 19.4. The fourth-order valence-corrected chi connectivity index (χ4v) is 3.67. The lowest BCUT2D eigenvalue weighted by atomic mass is 10.0. The predicted molar refractivity (Wildman–Crippen MR) is 101 cm³/mol. The zero-order valence-electron chi connectivity index (χ0n) is 14.8. The van der Waals surface area contributed by atoms with Crippen LogP contribution < -0.4 is 10.3 Å². The standard InChI is InChI=1S/C19H18FNO5S/c1-3-25-19(23)16-15(17-13(6-9-27-17)18(22)21-16)12-5-4-11(20)10-14(12)26-8-7-24-2/h4-6,9-10H,3,7-8H2,1-2H3,(H,21,22). The Hall–Kier alpha value is -2.71. The van der Waals surface area contributed by atoms with Crippen molar-refractivity contribution < 1.29 is 23.4 Å². The predicted octanol–water partition coefficient (Wildman–Crippen LogP) is 3.60. The molecule has 8 heteroatoms. The van der Waals surface area contributed by atoms with Gasteiger partial charge in [-0.3, -0.25) is 4.79 Å². The number of pyridine rings is 1. The van der Waals surface area contributed by atoms with Crippen molar-refractivity contribution in [2.75, 3.05) is 26.9 Å². The number of aromatic nitrogens is 1. The molecule has 0 unspecified atom stereocenters. The summed E-state index contributed by atoms with van der Waals surface area (Å²) in [6.45, 7) is 2.36. The summed E-state index contributed by atoms with van der Waals surface area (Å²) in [6.07, 6.45) is 0. The molecule has 3 aromatic rings. The number of carbonyl (C=O) groups is 1. The third kappa shape index (κ3) is 3.86. The molecule has 0 fully saturated rings. The average Bonchev–Trinajstić information content (AvgIpc) is 3.13. The number of esters is 1. The molecular weight excluding hydrogens is 373 g/mol. The Morgan fingerprint density at radius 2 is 2.07 bits per heavy atom. The number of benzene rings is 1. The van der Waals surface area contributed by atoms with Gasteiger partial charge in [0.2, 0.25) is 0 Å². The van der Waals surface area contributed by atoms with Gasteiger partial charge in [0.15, 0.2) is 0 Å². The lowest BCUT2D eigenvalue weighted by Crippen LogP contribution is -2.17. The Kier molecular flexibility index (Phi) is 5.88. The van der Waals surface area contributed by atoms with Crippen molar-refractivity contribution in [2.24, 2.45) is 0 Å². The smallest absolute Gasteiger partial charge is 0.355 e. The number of ether oxygens (including phenoxy) is 3. The van der Waals surface area contributed by atoms with Gasteiger partial charge in [0.25, 0.3) is 5.56 Å². The van der Waals surface area contributed by atoms with Gasteiger partial charge >= 0.3 is 5.97 Å². The number of halogens is 1. The highest BCUT2D eigenvalue weighted by Gasteiger charge is 2.23. The van der Waals surface area contributed by atoms with Gasteiger partial charge in [-0.15, -0.1) is 11.3 Å². The topological polar surface area (TPSA) is 77.6 Å². The number of methoxy groups -OCH3 is 1. The number of nitrogens with one attached hydrogen (secondary N) is 1. The number of H-pyrrole nitrogens is 1. The van der Waals surface area contributed by atoms with Crippen LogP contribution in [0.15, 0.2) is 34.4 Å². The minimum Gasteiger partial charge on any atom is -0.490 e. The van der Waals surface area contributed by atoms with Crippen molar-refractivity contribution in [1.82, 2.24) is 4.98 Å². The van der Waals surface area contributed by atoms with Gasteiger partial charge in [0, 0.05) is 24.3 Å². The van der Waals surface area contributed by atoms with Crippen molar-refractivity contribution in [1.29, 1.82) is 0 Å². The molecule has 0 aliphatic carbocycles. The van der Waals surface area contributed by atoms with E-state index in [4.69, 9.17) is 14.2 Å². The van der Waals surface area contributed by atoms with Gasteiger partial charge in [-0.05, 0) is 30.5 Å². The van der Waals surface area contributed by atoms with Crippen molar-refractivity contribution >= 4 is 27.4 Å².